The highest BCUT2D eigenvalue weighted by atomic mass is 19.1. The van der Waals surface area contributed by atoms with Gasteiger partial charge in [0, 0.05) is 54.8 Å². The molecule has 3 N–H and O–H groups in total. The van der Waals surface area contributed by atoms with Crippen molar-refractivity contribution in [2.45, 2.75) is 18.8 Å². The highest BCUT2D eigenvalue weighted by molar-refractivity contribution is 5.98. The van der Waals surface area contributed by atoms with E-state index in [2.05, 4.69) is 10.3 Å². The second-order valence-electron chi connectivity index (χ2n) is 11.4. The van der Waals surface area contributed by atoms with E-state index in [-0.39, 0.29) is 49.7 Å². The van der Waals surface area contributed by atoms with Crippen LogP contribution in [0.1, 0.15) is 33.8 Å². The van der Waals surface area contributed by atoms with Gasteiger partial charge in [-0.3, -0.25) is 19.2 Å². The fraction of sp³-hybridized carbons (Fsp3) is 0.314. The summed E-state index contributed by atoms with van der Waals surface area (Å²) >= 11 is 0. The van der Waals surface area contributed by atoms with Gasteiger partial charge in [-0.05, 0) is 60.0 Å². The Hall–Kier alpha value is -5.39. The first-order valence-corrected chi connectivity index (χ1v) is 15.4. The average Bonchev–Trinajstić information content (AvgIpc) is 3.74. The zero-order valence-corrected chi connectivity index (χ0v) is 26.0. The molecule has 4 aromatic rings. The molecule has 246 valence electrons. The third-order valence-corrected chi connectivity index (χ3v) is 8.53. The minimum Gasteiger partial charge on any atom is -0.493 e. The predicted molar refractivity (Wildman–Crippen MR) is 172 cm³/mol. The number of methoxy groups -OCH3 is 1. The Bertz CT molecular complexity index is 1740. The molecule has 6 rings (SSSR count). The van der Waals surface area contributed by atoms with E-state index in [9.17, 15) is 18.8 Å². The lowest BCUT2D eigenvalue weighted by Gasteiger charge is -2.25. The number of nitrogens with one attached hydrogen (secondary N) is 2. The Labute approximate surface area is 271 Å². The van der Waals surface area contributed by atoms with Crippen molar-refractivity contribution < 1.29 is 38.1 Å². The number of H-pyrrole nitrogens is 1. The molecule has 1 aromatic heterocycles. The lowest BCUT2D eigenvalue weighted by molar-refractivity contribution is -0.130. The summed E-state index contributed by atoms with van der Waals surface area (Å²) in [7, 11) is 1.56. The van der Waals surface area contributed by atoms with Crippen LogP contribution in [0.2, 0.25) is 0 Å². The summed E-state index contributed by atoms with van der Waals surface area (Å²) in [5.74, 6) is -0.692. The number of rotatable bonds is 4. The van der Waals surface area contributed by atoms with E-state index < -0.39 is 11.7 Å². The molecule has 12 heteroatoms. The monoisotopic (exact) mass is 644 g/mol. The normalized spacial score (nSPS) is 18.1. The summed E-state index contributed by atoms with van der Waals surface area (Å²) in [5, 5.41) is 10.9. The van der Waals surface area contributed by atoms with Crippen molar-refractivity contribution in [3.8, 4) is 11.5 Å². The molecular weight excluding hydrogens is 607 g/mol. The minimum absolute atomic E-state index is 0.0778. The Morgan fingerprint density at radius 1 is 1.04 bits per heavy atom. The fourth-order valence-corrected chi connectivity index (χ4v) is 6.13. The summed E-state index contributed by atoms with van der Waals surface area (Å²) in [6, 6.07) is 19.3. The number of carboxylic acid groups (broad SMARTS) is 1. The van der Waals surface area contributed by atoms with Crippen LogP contribution >= 0.6 is 0 Å². The van der Waals surface area contributed by atoms with Crippen LogP contribution < -0.4 is 14.8 Å². The lowest BCUT2D eigenvalue weighted by Crippen LogP contribution is -2.39. The summed E-state index contributed by atoms with van der Waals surface area (Å²) < 4.78 is 26.0. The van der Waals surface area contributed by atoms with Gasteiger partial charge in [0.2, 0.25) is 11.8 Å². The van der Waals surface area contributed by atoms with Gasteiger partial charge in [-0.25, -0.2) is 4.39 Å². The Balaban J connectivity index is 0.00000139. The molecule has 0 aliphatic carbocycles. The summed E-state index contributed by atoms with van der Waals surface area (Å²) in [6.07, 6.45) is 2.31. The summed E-state index contributed by atoms with van der Waals surface area (Å²) in [4.78, 5) is 55.3. The average molecular weight is 645 g/mol. The van der Waals surface area contributed by atoms with E-state index in [1.807, 2.05) is 36.5 Å². The molecule has 2 aliphatic heterocycles. The van der Waals surface area contributed by atoms with Gasteiger partial charge in [-0.15, -0.1) is 0 Å². The number of amides is 3. The maximum Gasteiger partial charge on any atom is 0.290 e. The molecule has 47 heavy (non-hydrogen) atoms. The van der Waals surface area contributed by atoms with E-state index in [1.165, 1.54) is 6.07 Å². The number of fused-ring (bicyclic) bond motifs is 5. The van der Waals surface area contributed by atoms with Crippen LogP contribution in [0.3, 0.4) is 0 Å². The van der Waals surface area contributed by atoms with Gasteiger partial charge in [0.15, 0.2) is 11.5 Å². The molecule has 2 aliphatic rings. The smallest absolute Gasteiger partial charge is 0.290 e. The van der Waals surface area contributed by atoms with Gasteiger partial charge in [0.1, 0.15) is 12.4 Å². The molecule has 3 heterocycles. The largest absolute Gasteiger partial charge is 0.493 e. The molecule has 2 bridgehead atoms. The van der Waals surface area contributed by atoms with Gasteiger partial charge >= 0.3 is 0 Å². The number of nitrogens with zero attached hydrogens (tertiary/aromatic N) is 2. The Kier molecular flexibility index (Phi) is 10.7. The van der Waals surface area contributed by atoms with Crippen molar-refractivity contribution in [3.05, 3.63) is 95.4 Å². The van der Waals surface area contributed by atoms with E-state index >= 15 is 0 Å². The molecule has 3 aromatic carbocycles. The van der Waals surface area contributed by atoms with Gasteiger partial charge < -0.3 is 34.7 Å². The number of carbonyl (C=O) groups excluding carboxylic acids is 3. The number of likely N-dealkylation sites (tertiary alicyclic amines) is 1. The maximum atomic E-state index is 14.3. The van der Waals surface area contributed by atoms with Gasteiger partial charge in [-0.1, -0.05) is 24.3 Å². The first-order valence-electron chi connectivity index (χ1n) is 15.4. The van der Waals surface area contributed by atoms with Crippen LogP contribution in [0.4, 0.5) is 4.39 Å². The second kappa shape index (κ2) is 15.3. The topological polar surface area (TPSA) is 141 Å². The van der Waals surface area contributed by atoms with Crippen LogP contribution in [-0.4, -0.2) is 90.5 Å². The number of ether oxygens (including phenoxy) is 2. The molecule has 3 amide bonds. The number of hydrogen-bond donors (Lipinski definition) is 3. The quantitative estimate of drug-likeness (QED) is 0.287. The van der Waals surface area contributed by atoms with Gasteiger partial charge in [0.05, 0.1) is 26.0 Å². The third-order valence-electron chi connectivity index (χ3n) is 8.53. The van der Waals surface area contributed by atoms with Crippen LogP contribution in [0.15, 0.2) is 72.9 Å². The number of aromatic nitrogens is 1. The second-order valence-corrected chi connectivity index (χ2v) is 11.4. The van der Waals surface area contributed by atoms with Crippen molar-refractivity contribution >= 4 is 35.1 Å². The zero-order valence-electron chi connectivity index (χ0n) is 26.0. The molecule has 0 unspecified atom stereocenters. The van der Waals surface area contributed by atoms with Crippen molar-refractivity contribution in [2.75, 3.05) is 46.4 Å². The molecule has 2 atom stereocenters. The SMILES string of the molecule is COc1ccc2cc1OCCN(C(=O)c1ccc3[nH]ccc3c1)CCCNC(=O)[C@H]1CN(C(=O)Cc3ccccc3F)C[C@H]21.O=CO. The van der Waals surface area contributed by atoms with Crippen molar-refractivity contribution in [3.63, 3.8) is 0 Å². The molecule has 1 fully saturated rings. The third kappa shape index (κ3) is 7.71. The Morgan fingerprint density at radius 2 is 1.83 bits per heavy atom. The maximum absolute atomic E-state index is 14.3. The van der Waals surface area contributed by atoms with E-state index in [0.29, 0.717) is 55.2 Å². The fourth-order valence-electron chi connectivity index (χ4n) is 6.13. The van der Waals surface area contributed by atoms with Crippen molar-refractivity contribution in [1.82, 2.24) is 20.1 Å². The first-order chi connectivity index (χ1) is 22.8. The number of halogens is 1. The summed E-state index contributed by atoms with van der Waals surface area (Å²) in [5.41, 5.74) is 2.70. The van der Waals surface area contributed by atoms with Gasteiger partial charge in [-0.2, -0.15) is 0 Å². The molecule has 0 spiro atoms. The van der Waals surface area contributed by atoms with Crippen LogP contribution in [0, 0.1) is 11.7 Å². The molecule has 1 saturated heterocycles. The molecular formula is C35H37FN4O7. The number of hydrogen-bond acceptors (Lipinski definition) is 6. The molecule has 0 saturated carbocycles. The van der Waals surface area contributed by atoms with Crippen LogP contribution in [0.5, 0.6) is 11.5 Å². The number of aromatic amines is 1. The van der Waals surface area contributed by atoms with Crippen molar-refractivity contribution in [2.24, 2.45) is 5.92 Å². The van der Waals surface area contributed by atoms with Gasteiger partial charge in [0.25, 0.3) is 12.4 Å². The van der Waals surface area contributed by atoms with Crippen LogP contribution in [0.25, 0.3) is 10.9 Å². The zero-order chi connectivity index (χ0) is 33.3. The minimum atomic E-state index is -0.505. The molecule has 0 radical (unpaired) electrons. The molecule has 11 nitrogen and oxygen atoms in total. The number of carbonyl (C=O) groups is 4. The van der Waals surface area contributed by atoms with E-state index in [0.717, 1.165) is 16.5 Å². The Morgan fingerprint density at radius 3 is 2.62 bits per heavy atom. The first kappa shape index (κ1) is 33.0. The van der Waals surface area contributed by atoms with Crippen molar-refractivity contribution in [1.29, 1.82) is 0 Å². The predicted octanol–water partition coefficient (Wildman–Crippen LogP) is 3.84. The van der Waals surface area contributed by atoms with E-state index in [1.54, 1.807) is 47.2 Å². The summed E-state index contributed by atoms with van der Waals surface area (Å²) in [6.45, 7) is 1.68. The lowest BCUT2D eigenvalue weighted by atomic mass is 9.88. The highest BCUT2D eigenvalue weighted by Gasteiger charge is 2.40. The van der Waals surface area contributed by atoms with Crippen LogP contribution in [-0.2, 0) is 20.8 Å². The standard InChI is InChI=1S/C34H35FN4O5.CH2O2/c1-43-30-10-8-22-18-31(30)44-16-15-38(34(42)25-7-9-29-24(17-25)11-13-36-29)14-4-12-37-33(41)27-21-39(20-26(22)27)32(40)19-23-5-2-3-6-28(23)35;2-1-3/h2-3,5-11,13,17-18,26-27,36H,4,12,14-16,19-21H2,1H3,(H,37,41);1H,(H,2,3)/t26-,27+;/m1./s1. The highest BCUT2D eigenvalue weighted by Crippen LogP contribution is 2.38. The number of benzene rings is 3. The van der Waals surface area contributed by atoms with E-state index in [4.69, 9.17) is 19.4 Å².